The Bertz CT molecular complexity index is 852. The molecule has 0 saturated heterocycles. The summed E-state index contributed by atoms with van der Waals surface area (Å²) in [6.45, 7) is 0. The molecule has 1 atom stereocenters. The van der Waals surface area contributed by atoms with E-state index in [1.807, 2.05) is 0 Å². The van der Waals surface area contributed by atoms with Crippen molar-refractivity contribution in [3.05, 3.63) is 63.7 Å². The van der Waals surface area contributed by atoms with E-state index in [2.05, 4.69) is 5.10 Å². The molecule has 0 aliphatic rings. The van der Waals surface area contributed by atoms with E-state index in [1.54, 1.807) is 17.5 Å². The molecule has 2 aromatic heterocycles. The Morgan fingerprint density at radius 2 is 2.05 bits per heavy atom. The van der Waals surface area contributed by atoms with Gasteiger partial charge in [0.1, 0.15) is 5.82 Å². The fraction of sp³-hybridized carbons (Fsp3) is 0.0714. The maximum Gasteiger partial charge on any atom is 0.438 e. The van der Waals surface area contributed by atoms with Crippen molar-refractivity contribution in [1.29, 1.82) is 0 Å². The lowest BCUT2D eigenvalue weighted by atomic mass is 10.1. The normalized spacial score (nSPS) is 12.2. The summed E-state index contributed by atoms with van der Waals surface area (Å²) >= 11 is 1.34. The van der Waals surface area contributed by atoms with Crippen molar-refractivity contribution in [3.8, 4) is 10.8 Å². The number of carbonyl (C=O) groups is 1. The number of primary amides is 1. The summed E-state index contributed by atoms with van der Waals surface area (Å²) in [5.74, 6) is -1.96. The lowest BCUT2D eigenvalue weighted by molar-refractivity contribution is -0.120. The summed E-state index contributed by atoms with van der Waals surface area (Å²) in [5, 5.41) is 5.83. The first-order valence-corrected chi connectivity index (χ1v) is 7.12. The van der Waals surface area contributed by atoms with Gasteiger partial charge in [0.05, 0.1) is 4.88 Å². The van der Waals surface area contributed by atoms with Crippen LogP contribution < -0.4 is 11.5 Å². The number of rotatable bonds is 4. The smallest absolute Gasteiger partial charge is 0.387 e. The van der Waals surface area contributed by atoms with Gasteiger partial charge in [0.25, 0.3) is 5.89 Å². The quantitative estimate of drug-likeness (QED) is 0.793. The standard InChI is InChI=1S/C14H10FN3O3S/c15-9-5-3-8(4-6-9)11(12(16)19)18-14(20)21-13(17-18)10-2-1-7-22-10/h1-7,11H,(H2,16,19)/t11-/m1/s1. The van der Waals surface area contributed by atoms with Gasteiger partial charge >= 0.3 is 5.76 Å². The van der Waals surface area contributed by atoms with Gasteiger partial charge in [-0.1, -0.05) is 18.2 Å². The maximum atomic E-state index is 13.0. The molecule has 0 aliphatic carbocycles. The van der Waals surface area contributed by atoms with Crippen LogP contribution in [0, 0.1) is 5.82 Å². The minimum absolute atomic E-state index is 0.105. The second-order valence-electron chi connectivity index (χ2n) is 4.45. The number of hydrogen-bond donors (Lipinski definition) is 1. The number of nitrogens with zero attached hydrogens (tertiary/aromatic N) is 2. The molecule has 112 valence electrons. The Kier molecular flexibility index (Phi) is 3.60. The number of aromatic nitrogens is 2. The summed E-state index contributed by atoms with van der Waals surface area (Å²) in [7, 11) is 0. The minimum atomic E-state index is -1.16. The number of benzene rings is 1. The highest BCUT2D eigenvalue weighted by Gasteiger charge is 2.25. The maximum absolute atomic E-state index is 13.0. The van der Waals surface area contributed by atoms with E-state index in [1.165, 1.54) is 35.6 Å². The first-order valence-electron chi connectivity index (χ1n) is 6.24. The Hall–Kier alpha value is -2.74. The molecule has 3 aromatic rings. The zero-order valence-corrected chi connectivity index (χ0v) is 11.9. The Morgan fingerprint density at radius 3 is 2.64 bits per heavy atom. The third-order valence-corrected chi connectivity index (χ3v) is 3.86. The van der Waals surface area contributed by atoms with Crippen LogP contribution in [0.1, 0.15) is 11.6 Å². The molecule has 2 heterocycles. The molecule has 1 amide bonds. The molecule has 8 heteroatoms. The number of hydrogen-bond acceptors (Lipinski definition) is 5. The summed E-state index contributed by atoms with van der Waals surface area (Å²) < 4.78 is 18.9. The lowest BCUT2D eigenvalue weighted by Gasteiger charge is -2.12. The van der Waals surface area contributed by atoms with Crippen LogP contribution in [0.25, 0.3) is 10.8 Å². The summed E-state index contributed by atoms with van der Waals surface area (Å²) in [4.78, 5) is 24.4. The van der Waals surface area contributed by atoms with Gasteiger partial charge in [-0.15, -0.1) is 16.4 Å². The van der Waals surface area contributed by atoms with Crippen molar-refractivity contribution in [1.82, 2.24) is 9.78 Å². The van der Waals surface area contributed by atoms with Crippen molar-refractivity contribution in [2.24, 2.45) is 5.73 Å². The number of thiophene rings is 1. The molecular weight excluding hydrogens is 309 g/mol. The largest absolute Gasteiger partial charge is 0.438 e. The van der Waals surface area contributed by atoms with Crippen molar-refractivity contribution < 1.29 is 13.6 Å². The van der Waals surface area contributed by atoms with E-state index >= 15 is 0 Å². The van der Waals surface area contributed by atoms with Crippen molar-refractivity contribution >= 4 is 17.2 Å². The monoisotopic (exact) mass is 319 g/mol. The summed E-state index contributed by atoms with van der Waals surface area (Å²) in [5.41, 5.74) is 5.71. The third-order valence-electron chi connectivity index (χ3n) is 3.00. The lowest BCUT2D eigenvalue weighted by Crippen LogP contribution is -2.33. The van der Waals surface area contributed by atoms with E-state index in [0.29, 0.717) is 10.4 Å². The highest BCUT2D eigenvalue weighted by atomic mass is 32.1. The van der Waals surface area contributed by atoms with Crippen LogP contribution in [0.3, 0.4) is 0 Å². The topological polar surface area (TPSA) is 91.1 Å². The van der Waals surface area contributed by atoms with Crippen LogP contribution in [-0.2, 0) is 4.79 Å². The number of halogens is 1. The number of amides is 1. The Labute approximate surface area is 127 Å². The fourth-order valence-electron chi connectivity index (χ4n) is 2.02. The average molecular weight is 319 g/mol. The SMILES string of the molecule is NC(=O)[C@@H](c1ccc(F)cc1)n1nc(-c2cccs2)oc1=O. The third kappa shape index (κ3) is 2.56. The minimum Gasteiger partial charge on any atom is -0.387 e. The molecule has 0 spiro atoms. The molecule has 0 radical (unpaired) electrons. The molecule has 3 rings (SSSR count). The van der Waals surface area contributed by atoms with Crippen molar-refractivity contribution in [2.75, 3.05) is 0 Å². The molecule has 22 heavy (non-hydrogen) atoms. The van der Waals surface area contributed by atoms with Crippen LogP contribution in [0.15, 0.2) is 51.0 Å². The predicted octanol–water partition coefficient (Wildman–Crippen LogP) is 1.78. The van der Waals surface area contributed by atoms with Crippen LogP contribution in [0.4, 0.5) is 4.39 Å². The first-order chi connectivity index (χ1) is 10.6. The van der Waals surface area contributed by atoms with Crippen LogP contribution in [-0.4, -0.2) is 15.7 Å². The zero-order chi connectivity index (χ0) is 15.7. The second-order valence-corrected chi connectivity index (χ2v) is 5.40. The molecule has 0 saturated carbocycles. The number of nitrogens with two attached hydrogens (primary N) is 1. The van der Waals surface area contributed by atoms with E-state index in [-0.39, 0.29) is 5.89 Å². The van der Waals surface area contributed by atoms with Gasteiger partial charge in [-0.05, 0) is 29.1 Å². The molecule has 0 aliphatic heterocycles. The molecule has 2 N–H and O–H groups in total. The average Bonchev–Trinajstić information content (AvgIpc) is 3.11. The van der Waals surface area contributed by atoms with Gasteiger partial charge in [-0.2, -0.15) is 4.68 Å². The van der Waals surface area contributed by atoms with Crippen molar-refractivity contribution in [2.45, 2.75) is 6.04 Å². The van der Waals surface area contributed by atoms with E-state index < -0.39 is 23.5 Å². The molecule has 1 aromatic carbocycles. The summed E-state index contributed by atoms with van der Waals surface area (Å²) in [6.07, 6.45) is 0. The van der Waals surface area contributed by atoms with Gasteiger partial charge in [-0.25, -0.2) is 9.18 Å². The van der Waals surface area contributed by atoms with Crippen LogP contribution >= 0.6 is 11.3 Å². The molecule has 0 unspecified atom stereocenters. The molecular formula is C14H10FN3O3S. The fourth-order valence-corrected chi connectivity index (χ4v) is 2.67. The molecule has 0 bridgehead atoms. The molecule has 6 nitrogen and oxygen atoms in total. The first kappa shape index (κ1) is 14.2. The molecule has 0 fully saturated rings. The Balaban J connectivity index is 2.08. The summed E-state index contributed by atoms with van der Waals surface area (Å²) in [6, 6.07) is 7.45. The van der Waals surface area contributed by atoms with Gasteiger partial charge in [-0.3, -0.25) is 4.79 Å². The number of carbonyl (C=O) groups excluding carboxylic acids is 1. The van der Waals surface area contributed by atoms with Gasteiger partial charge < -0.3 is 10.2 Å². The van der Waals surface area contributed by atoms with Crippen molar-refractivity contribution in [3.63, 3.8) is 0 Å². The highest BCUT2D eigenvalue weighted by Crippen LogP contribution is 2.23. The van der Waals surface area contributed by atoms with E-state index in [0.717, 1.165) is 4.68 Å². The van der Waals surface area contributed by atoms with Gasteiger partial charge in [0, 0.05) is 0 Å². The van der Waals surface area contributed by atoms with E-state index in [9.17, 15) is 14.0 Å². The second kappa shape index (κ2) is 5.57. The van der Waals surface area contributed by atoms with Crippen LogP contribution in [0.5, 0.6) is 0 Å². The van der Waals surface area contributed by atoms with Gasteiger partial charge in [0.15, 0.2) is 6.04 Å². The zero-order valence-electron chi connectivity index (χ0n) is 11.1. The van der Waals surface area contributed by atoms with Gasteiger partial charge in [0.2, 0.25) is 5.91 Å². The van der Waals surface area contributed by atoms with Crippen LogP contribution in [0.2, 0.25) is 0 Å². The van der Waals surface area contributed by atoms with E-state index in [4.69, 9.17) is 10.2 Å². The Morgan fingerprint density at radius 1 is 1.32 bits per heavy atom. The predicted molar refractivity (Wildman–Crippen MR) is 77.8 cm³/mol. The highest BCUT2D eigenvalue weighted by molar-refractivity contribution is 7.13.